The Balaban J connectivity index is 1.56. The van der Waals surface area contributed by atoms with Gasteiger partial charge in [0.05, 0.1) is 35.9 Å². The van der Waals surface area contributed by atoms with Gasteiger partial charge in [-0.15, -0.1) is 0 Å². The molecule has 0 spiro atoms. The fourth-order valence-corrected chi connectivity index (χ4v) is 5.42. The maximum absolute atomic E-state index is 12.9. The fraction of sp³-hybridized carbons (Fsp3) is 0.333. The van der Waals surface area contributed by atoms with Gasteiger partial charge in [-0.1, -0.05) is 0 Å². The second kappa shape index (κ2) is 7.33. The van der Waals surface area contributed by atoms with Gasteiger partial charge >= 0.3 is 0 Å². The van der Waals surface area contributed by atoms with Crippen LogP contribution < -0.4 is 5.32 Å². The van der Waals surface area contributed by atoms with Crippen molar-refractivity contribution >= 4 is 39.3 Å². The van der Waals surface area contributed by atoms with Crippen LogP contribution in [0.25, 0.3) is 11.6 Å². The number of carbonyl (C=O) groups excluding carboxylic acids is 2. The van der Waals surface area contributed by atoms with Gasteiger partial charge < -0.3 is 19.9 Å². The summed E-state index contributed by atoms with van der Waals surface area (Å²) >= 11 is 0. The van der Waals surface area contributed by atoms with E-state index >= 15 is 0 Å². The van der Waals surface area contributed by atoms with Crippen LogP contribution in [0.3, 0.4) is 0 Å². The number of fused-ring (bicyclic) bond motifs is 3. The Morgan fingerprint density at radius 1 is 1.19 bits per heavy atom. The molecule has 3 aliphatic rings. The van der Waals surface area contributed by atoms with E-state index in [4.69, 9.17) is 8.92 Å². The van der Waals surface area contributed by atoms with Crippen molar-refractivity contribution in [3.05, 3.63) is 46.3 Å². The Morgan fingerprint density at radius 3 is 2.74 bits per heavy atom. The fourth-order valence-electron chi connectivity index (χ4n) is 4.25. The van der Waals surface area contributed by atoms with Crippen LogP contribution in [0.5, 0.6) is 0 Å². The average Bonchev–Trinajstić information content (AvgIpc) is 3.28. The van der Waals surface area contributed by atoms with E-state index in [0.29, 0.717) is 66.4 Å². The first-order valence-corrected chi connectivity index (χ1v) is 11.4. The largest absolute Gasteiger partial charge is 0.378 e. The molecule has 10 heteroatoms. The summed E-state index contributed by atoms with van der Waals surface area (Å²) in [4.78, 5) is 30.5. The van der Waals surface area contributed by atoms with Crippen molar-refractivity contribution in [3.8, 4) is 0 Å². The molecule has 0 bridgehead atoms. The van der Waals surface area contributed by atoms with Gasteiger partial charge in [0.2, 0.25) is 0 Å². The van der Waals surface area contributed by atoms with E-state index in [1.165, 1.54) is 6.07 Å². The van der Waals surface area contributed by atoms with Crippen molar-refractivity contribution in [1.29, 1.82) is 0 Å². The zero-order chi connectivity index (χ0) is 21.8. The molecule has 31 heavy (non-hydrogen) atoms. The number of nitrogens with zero attached hydrogens (tertiary/aromatic N) is 1. The van der Waals surface area contributed by atoms with E-state index in [-0.39, 0.29) is 23.3 Å². The number of morpholine rings is 1. The Morgan fingerprint density at radius 2 is 1.97 bits per heavy atom. The summed E-state index contributed by atoms with van der Waals surface area (Å²) in [6.07, 6.45) is 3.70. The number of benzene rings is 1. The Kier molecular flexibility index (Phi) is 4.72. The molecule has 0 atom stereocenters. The summed E-state index contributed by atoms with van der Waals surface area (Å²) < 4.78 is 34.8. The van der Waals surface area contributed by atoms with Crippen molar-refractivity contribution in [3.63, 3.8) is 0 Å². The van der Waals surface area contributed by atoms with Crippen LogP contribution in [-0.4, -0.2) is 63.0 Å². The van der Waals surface area contributed by atoms with Crippen molar-refractivity contribution in [2.24, 2.45) is 0 Å². The van der Waals surface area contributed by atoms with Gasteiger partial charge in [0.15, 0.2) is 0 Å². The van der Waals surface area contributed by atoms with Crippen LogP contribution >= 0.6 is 0 Å². The highest BCUT2D eigenvalue weighted by Crippen LogP contribution is 2.41. The number of nitrogens with one attached hydrogen (secondary N) is 2. The normalized spacial score (nSPS) is 21.0. The van der Waals surface area contributed by atoms with Crippen LogP contribution in [-0.2, 0) is 30.3 Å². The number of aromatic nitrogens is 1. The first kappa shape index (κ1) is 20.0. The maximum Gasteiger partial charge on any atom is 0.297 e. The van der Waals surface area contributed by atoms with Crippen molar-refractivity contribution < 1.29 is 26.9 Å². The highest BCUT2D eigenvalue weighted by molar-refractivity contribution is 7.86. The van der Waals surface area contributed by atoms with Gasteiger partial charge in [-0.2, -0.15) is 8.42 Å². The predicted octanol–water partition coefficient (Wildman–Crippen LogP) is 1.55. The summed E-state index contributed by atoms with van der Waals surface area (Å²) in [5.74, 6) is -0.402. The minimum Gasteiger partial charge on any atom is -0.378 e. The van der Waals surface area contributed by atoms with Crippen molar-refractivity contribution in [2.45, 2.75) is 18.2 Å². The number of rotatable bonds is 2. The molecule has 2 aromatic rings. The number of ether oxygens (including phenoxy) is 1. The van der Waals surface area contributed by atoms with Crippen molar-refractivity contribution in [2.75, 3.05) is 38.2 Å². The van der Waals surface area contributed by atoms with Gasteiger partial charge in [0.1, 0.15) is 0 Å². The topological polar surface area (TPSA) is 118 Å². The van der Waals surface area contributed by atoms with Gasteiger partial charge in [-0.05, 0) is 42.7 Å². The monoisotopic (exact) mass is 443 g/mol. The first-order chi connectivity index (χ1) is 14.9. The lowest BCUT2D eigenvalue weighted by atomic mass is 9.97. The zero-order valence-electron chi connectivity index (χ0n) is 16.9. The molecule has 0 radical (unpaired) electrons. The molecule has 1 fully saturated rings. The van der Waals surface area contributed by atoms with E-state index in [1.807, 2.05) is 6.92 Å². The van der Waals surface area contributed by atoms with Crippen LogP contribution in [0.15, 0.2) is 23.2 Å². The van der Waals surface area contributed by atoms with Gasteiger partial charge in [0.25, 0.3) is 21.9 Å². The summed E-state index contributed by atoms with van der Waals surface area (Å²) in [5.41, 5.74) is 3.97. The van der Waals surface area contributed by atoms with Crippen LogP contribution in [0.2, 0.25) is 0 Å². The van der Waals surface area contributed by atoms with Crippen LogP contribution in [0.4, 0.5) is 5.69 Å². The highest BCUT2D eigenvalue weighted by Gasteiger charge is 2.34. The highest BCUT2D eigenvalue weighted by atomic mass is 32.2. The third-order valence-corrected chi connectivity index (χ3v) is 7.29. The number of hydrogen-bond donors (Lipinski definition) is 2. The summed E-state index contributed by atoms with van der Waals surface area (Å²) in [5, 5.41) is 2.80. The molecule has 0 aliphatic carbocycles. The Bertz CT molecular complexity index is 1240. The number of carbonyl (C=O) groups is 2. The minimum atomic E-state index is -3.84. The second-order valence-corrected chi connectivity index (χ2v) is 9.23. The molecular weight excluding hydrogens is 422 g/mol. The number of H-pyrrole nitrogens is 1. The molecular formula is C21H21N3O6S. The van der Waals surface area contributed by atoms with Gasteiger partial charge in [0, 0.05) is 36.2 Å². The molecule has 0 unspecified atom stereocenters. The minimum absolute atomic E-state index is 0.0347. The van der Waals surface area contributed by atoms with Gasteiger partial charge in [-0.25, -0.2) is 0 Å². The number of amides is 2. The molecule has 2 N–H and O–H groups in total. The third kappa shape index (κ3) is 3.27. The molecule has 2 amide bonds. The number of anilines is 1. The molecule has 4 heterocycles. The molecule has 1 aromatic carbocycles. The van der Waals surface area contributed by atoms with E-state index < -0.39 is 10.1 Å². The molecule has 162 valence electrons. The molecule has 5 rings (SSSR count). The SMILES string of the molecule is Cc1c(C(=O)N2CCOCC2)c[nH]c1/C=C1\C(=O)Nc2ccc3c(c21)CCOS3(=O)=O. The molecule has 3 aliphatic heterocycles. The van der Waals surface area contributed by atoms with E-state index in [2.05, 4.69) is 10.3 Å². The quantitative estimate of drug-likeness (QED) is 0.537. The third-order valence-electron chi connectivity index (χ3n) is 5.89. The second-order valence-electron chi connectivity index (χ2n) is 7.65. The van der Waals surface area contributed by atoms with Crippen LogP contribution in [0, 0.1) is 6.92 Å². The van der Waals surface area contributed by atoms with E-state index in [9.17, 15) is 18.0 Å². The number of hydrogen-bond acceptors (Lipinski definition) is 6. The lowest BCUT2D eigenvalue weighted by Gasteiger charge is -2.26. The van der Waals surface area contributed by atoms with E-state index in [0.717, 1.165) is 5.56 Å². The molecule has 1 saturated heterocycles. The lowest BCUT2D eigenvalue weighted by Crippen LogP contribution is -2.40. The summed E-state index contributed by atoms with van der Waals surface area (Å²) in [6.45, 7) is 3.97. The predicted molar refractivity (Wildman–Crippen MR) is 112 cm³/mol. The van der Waals surface area contributed by atoms with Crippen molar-refractivity contribution in [1.82, 2.24) is 9.88 Å². The standard InChI is InChI=1S/C21H21N3O6S/c1-12-15(21(26)24-5-8-29-9-6-24)11-22-17(12)10-14-19-13-4-7-30-31(27,28)18(13)3-2-16(19)23-20(14)25/h2-3,10-11,22H,4-9H2,1H3,(H,23,25)/b14-10-. The smallest absolute Gasteiger partial charge is 0.297 e. The average molecular weight is 443 g/mol. The summed E-state index contributed by atoms with van der Waals surface area (Å²) in [6, 6.07) is 3.04. The molecule has 1 aromatic heterocycles. The van der Waals surface area contributed by atoms with Gasteiger partial charge in [-0.3, -0.25) is 13.8 Å². The summed E-state index contributed by atoms with van der Waals surface area (Å²) in [7, 11) is -3.84. The van der Waals surface area contributed by atoms with Crippen LogP contribution in [0.1, 0.15) is 32.7 Å². The maximum atomic E-state index is 12.9. The Labute approximate surface area is 179 Å². The lowest BCUT2D eigenvalue weighted by molar-refractivity contribution is -0.110. The molecule has 0 saturated carbocycles. The Hall–Kier alpha value is -2.95. The first-order valence-electron chi connectivity index (χ1n) is 10.0. The number of aromatic amines is 1. The van der Waals surface area contributed by atoms with E-state index in [1.54, 1.807) is 23.2 Å². The zero-order valence-corrected chi connectivity index (χ0v) is 17.7. The molecule has 9 nitrogen and oxygen atoms in total.